The van der Waals surface area contributed by atoms with Crippen LogP contribution in [0, 0.1) is 0 Å². The summed E-state index contributed by atoms with van der Waals surface area (Å²) in [6, 6.07) is 5.24. The molecule has 0 fully saturated rings. The number of nitrogens with two attached hydrogens (primary N) is 1. The van der Waals surface area contributed by atoms with Gasteiger partial charge in [-0.15, -0.1) is 0 Å². The van der Waals surface area contributed by atoms with Crippen LogP contribution < -0.4 is 5.73 Å². The van der Waals surface area contributed by atoms with Gasteiger partial charge in [-0.2, -0.15) is 9.61 Å². The van der Waals surface area contributed by atoms with E-state index >= 15 is 0 Å². The maximum atomic E-state index is 5.84. The van der Waals surface area contributed by atoms with Crippen molar-refractivity contribution >= 4 is 23.1 Å². The first kappa shape index (κ1) is 10.9. The van der Waals surface area contributed by atoms with E-state index in [1.54, 1.807) is 16.8 Å². The van der Waals surface area contributed by atoms with Crippen molar-refractivity contribution in [1.82, 2.24) is 24.6 Å². The minimum atomic E-state index is 0.355. The second-order valence-electron chi connectivity index (χ2n) is 3.79. The van der Waals surface area contributed by atoms with Crippen LogP contribution in [-0.2, 0) is 6.42 Å². The fraction of sp³-hybridized carbons (Fsp3) is 0.0909. The summed E-state index contributed by atoms with van der Waals surface area (Å²) in [5.41, 5.74) is 8.16. The van der Waals surface area contributed by atoms with Crippen molar-refractivity contribution in [3.63, 3.8) is 0 Å². The number of nitrogens with zero attached hydrogens (tertiary/aromatic N) is 5. The third-order valence-corrected chi connectivity index (χ3v) is 2.67. The van der Waals surface area contributed by atoms with Gasteiger partial charge in [0.15, 0.2) is 5.65 Å². The Morgan fingerprint density at radius 3 is 2.94 bits per heavy atom. The van der Waals surface area contributed by atoms with Crippen molar-refractivity contribution < 1.29 is 0 Å². The Morgan fingerprint density at radius 2 is 2.17 bits per heavy atom. The highest BCUT2D eigenvalue weighted by Crippen LogP contribution is 2.15. The van der Waals surface area contributed by atoms with Crippen LogP contribution in [0.1, 0.15) is 11.4 Å². The summed E-state index contributed by atoms with van der Waals surface area (Å²) in [5.74, 6) is 0.457. The molecule has 0 unspecified atom stereocenters. The molecule has 0 aliphatic heterocycles. The van der Waals surface area contributed by atoms with Crippen LogP contribution in [0.5, 0.6) is 0 Å². The molecule has 0 spiro atoms. The molecular weight excluding hydrogens is 252 g/mol. The van der Waals surface area contributed by atoms with Gasteiger partial charge >= 0.3 is 0 Å². The van der Waals surface area contributed by atoms with E-state index in [9.17, 15) is 0 Å². The van der Waals surface area contributed by atoms with Crippen LogP contribution >= 0.6 is 11.6 Å². The molecule has 2 N–H and O–H groups in total. The molecule has 0 aliphatic carbocycles. The summed E-state index contributed by atoms with van der Waals surface area (Å²) in [5, 5.41) is 4.71. The molecule has 0 aliphatic rings. The lowest BCUT2D eigenvalue weighted by molar-refractivity contribution is 0.892. The Morgan fingerprint density at radius 1 is 1.28 bits per heavy atom. The number of fused-ring (bicyclic) bond motifs is 1. The average molecular weight is 261 g/mol. The van der Waals surface area contributed by atoms with Gasteiger partial charge in [0, 0.05) is 30.4 Å². The van der Waals surface area contributed by atoms with Gasteiger partial charge in [-0.3, -0.25) is 0 Å². The molecule has 3 rings (SSSR count). The maximum absolute atomic E-state index is 5.84. The van der Waals surface area contributed by atoms with Gasteiger partial charge in [-0.1, -0.05) is 11.6 Å². The lowest BCUT2D eigenvalue weighted by atomic mass is 10.2. The normalized spacial score (nSPS) is 10.9. The summed E-state index contributed by atoms with van der Waals surface area (Å²) in [6.07, 6.45) is 3.80. The Labute approximate surface area is 107 Å². The largest absolute Gasteiger partial charge is 0.383 e. The van der Waals surface area contributed by atoms with Gasteiger partial charge in [-0.25, -0.2) is 15.0 Å². The van der Waals surface area contributed by atoms with E-state index in [-0.39, 0.29) is 0 Å². The quantitative estimate of drug-likeness (QED) is 0.703. The molecule has 3 aromatic heterocycles. The molecule has 0 bridgehead atoms. The zero-order valence-corrected chi connectivity index (χ0v) is 10.0. The van der Waals surface area contributed by atoms with Crippen LogP contribution in [0.15, 0.2) is 30.7 Å². The summed E-state index contributed by atoms with van der Waals surface area (Å²) in [4.78, 5) is 12.2. The molecule has 0 radical (unpaired) electrons. The first-order valence-electron chi connectivity index (χ1n) is 5.28. The zero-order chi connectivity index (χ0) is 12.5. The monoisotopic (exact) mass is 260 g/mol. The summed E-state index contributed by atoms with van der Waals surface area (Å²) >= 11 is 5.84. The third-order valence-electron chi connectivity index (χ3n) is 2.48. The molecule has 0 amide bonds. The first-order valence-corrected chi connectivity index (χ1v) is 5.66. The van der Waals surface area contributed by atoms with E-state index < -0.39 is 0 Å². The first-order chi connectivity index (χ1) is 8.72. The number of aromatic nitrogens is 5. The van der Waals surface area contributed by atoms with E-state index in [1.807, 2.05) is 12.1 Å². The van der Waals surface area contributed by atoms with E-state index in [2.05, 4.69) is 20.1 Å². The molecule has 0 saturated carbocycles. The van der Waals surface area contributed by atoms with Crippen molar-refractivity contribution in [3.05, 3.63) is 47.3 Å². The molecular formula is C11H9ClN6. The number of anilines is 1. The molecule has 3 heterocycles. The predicted molar refractivity (Wildman–Crippen MR) is 67.2 cm³/mol. The Hall–Kier alpha value is -2.21. The minimum Gasteiger partial charge on any atom is -0.383 e. The molecule has 7 heteroatoms. The molecule has 3 aromatic rings. The summed E-state index contributed by atoms with van der Waals surface area (Å²) in [6.45, 7) is 0. The lowest BCUT2D eigenvalue weighted by Crippen LogP contribution is -2.00. The van der Waals surface area contributed by atoms with Crippen molar-refractivity contribution in [2.45, 2.75) is 6.42 Å². The summed E-state index contributed by atoms with van der Waals surface area (Å²) in [7, 11) is 0. The number of hydrogen-bond donors (Lipinski definition) is 1. The molecule has 6 nitrogen and oxygen atoms in total. The van der Waals surface area contributed by atoms with Crippen molar-refractivity contribution in [2.75, 3.05) is 5.73 Å². The minimum absolute atomic E-state index is 0.355. The molecule has 18 heavy (non-hydrogen) atoms. The van der Waals surface area contributed by atoms with Crippen LogP contribution in [0.2, 0.25) is 5.15 Å². The van der Waals surface area contributed by atoms with Crippen LogP contribution in [-0.4, -0.2) is 24.6 Å². The van der Waals surface area contributed by atoms with Gasteiger partial charge < -0.3 is 5.73 Å². The van der Waals surface area contributed by atoms with Crippen molar-refractivity contribution in [1.29, 1.82) is 0 Å². The Balaban J connectivity index is 2.01. The SMILES string of the molecule is Nc1cc(Cl)nc2cc(Cc3ccncn3)nn12. The fourth-order valence-corrected chi connectivity index (χ4v) is 1.91. The van der Waals surface area contributed by atoms with E-state index in [0.717, 1.165) is 11.4 Å². The molecule has 0 saturated heterocycles. The number of hydrogen-bond acceptors (Lipinski definition) is 5. The van der Waals surface area contributed by atoms with Gasteiger partial charge in [0.2, 0.25) is 0 Å². The van der Waals surface area contributed by atoms with Crippen molar-refractivity contribution in [3.8, 4) is 0 Å². The van der Waals surface area contributed by atoms with Crippen molar-refractivity contribution in [2.24, 2.45) is 0 Å². The van der Waals surface area contributed by atoms with E-state index in [1.165, 1.54) is 6.33 Å². The highest BCUT2D eigenvalue weighted by atomic mass is 35.5. The fourth-order valence-electron chi connectivity index (χ4n) is 1.71. The zero-order valence-electron chi connectivity index (χ0n) is 9.29. The maximum Gasteiger partial charge on any atom is 0.159 e. The Kier molecular flexibility index (Phi) is 2.56. The van der Waals surface area contributed by atoms with Crippen LogP contribution in [0.25, 0.3) is 5.65 Å². The topological polar surface area (TPSA) is 82.0 Å². The average Bonchev–Trinajstić information content (AvgIpc) is 2.73. The Bertz CT molecular complexity index is 693. The van der Waals surface area contributed by atoms with Gasteiger partial charge in [0.25, 0.3) is 0 Å². The molecule has 0 atom stereocenters. The number of halogens is 1. The van der Waals surface area contributed by atoms with Gasteiger partial charge in [0.05, 0.1) is 5.69 Å². The highest BCUT2D eigenvalue weighted by Gasteiger charge is 2.07. The molecule has 0 aromatic carbocycles. The number of rotatable bonds is 2. The van der Waals surface area contributed by atoms with Gasteiger partial charge in [-0.05, 0) is 6.07 Å². The number of nitrogen functional groups attached to an aromatic ring is 1. The molecule has 90 valence electrons. The van der Waals surface area contributed by atoms with Gasteiger partial charge in [0.1, 0.15) is 17.3 Å². The lowest BCUT2D eigenvalue weighted by Gasteiger charge is -1.98. The smallest absolute Gasteiger partial charge is 0.159 e. The second kappa shape index (κ2) is 4.23. The summed E-state index contributed by atoms with van der Waals surface area (Å²) < 4.78 is 1.56. The predicted octanol–water partition coefficient (Wildman–Crippen LogP) is 1.35. The van der Waals surface area contributed by atoms with E-state index in [0.29, 0.717) is 23.0 Å². The third kappa shape index (κ3) is 1.98. The van der Waals surface area contributed by atoms with Crippen LogP contribution in [0.3, 0.4) is 0 Å². The second-order valence-corrected chi connectivity index (χ2v) is 4.17. The standard InChI is InChI=1S/C11H9ClN6/c12-9-5-10(13)18-11(16-9)4-8(17-18)3-7-1-2-14-6-15-7/h1-2,4-6H,3,13H2. The highest BCUT2D eigenvalue weighted by molar-refractivity contribution is 6.29. The van der Waals surface area contributed by atoms with E-state index in [4.69, 9.17) is 17.3 Å². The van der Waals surface area contributed by atoms with Crippen LogP contribution in [0.4, 0.5) is 5.82 Å².